The minimum absolute atomic E-state index is 0.131. The van der Waals surface area contributed by atoms with Gasteiger partial charge in [0.25, 0.3) is 11.8 Å². The zero-order chi connectivity index (χ0) is 50.1. The van der Waals surface area contributed by atoms with Gasteiger partial charge in [0, 0.05) is 103 Å². The van der Waals surface area contributed by atoms with Crippen LogP contribution in [0.3, 0.4) is 0 Å². The van der Waals surface area contributed by atoms with Crippen LogP contribution in [0.15, 0.2) is 139 Å². The highest BCUT2D eigenvalue weighted by Gasteiger charge is 2.54. The van der Waals surface area contributed by atoms with Crippen LogP contribution in [-0.4, -0.2) is 116 Å². The van der Waals surface area contributed by atoms with E-state index in [2.05, 4.69) is 81.6 Å². The Morgan fingerprint density at radius 3 is 1.57 bits per heavy atom. The number of pyridine rings is 2. The third-order valence-electron chi connectivity index (χ3n) is 14.2. The predicted octanol–water partition coefficient (Wildman–Crippen LogP) is 6.70. The SMILES string of the molecule is CC[C@@]12CCCN1c1nc(-n3ccnc3-c3cccc(-c4cccnc4)c3)ncc1N(C)C2=O.CC[C@@]12CCCN1c1nc(-n3ccnc3-c3cccc(Br)c3)ncc1N(C)C2=O.OB(O)c1cccnc1. The Labute approximate surface area is 425 Å². The molecular weight excluding hydrogens is 975 g/mol. The van der Waals surface area contributed by atoms with Gasteiger partial charge in [-0.05, 0) is 74.4 Å². The van der Waals surface area contributed by atoms with Gasteiger partial charge in [-0.15, -0.1) is 0 Å². The van der Waals surface area contributed by atoms with Crippen molar-refractivity contribution in [3.8, 4) is 45.8 Å². The molecule has 20 heteroatoms. The Morgan fingerprint density at radius 2 is 1.10 bits per heavy atom. The summed E-state index contributed by atoms with van der Waals surface area (Å²) in [6, 6.07) is 23.4. The van der Waals surface area contributed by atoms with Crippen LogP contribution in [0.4, 0.5) is 23.0 Å². The lowest BCUT2D eigenvalue weighted by atomic mass is 9.82. The highest BCUT2D eigenvalue weighted by molar-refractivity contribution is 9.10. The van der Waals surface area contributed by atoms with Crippen LogP contribution in [0.1, 0.15) is 52.4 Å². The van der Waals surface area contributed by atoms with Gasteiger partial charge in [-0.3, -0.25) is 28.7 Å². The number of anilines is 4. The molecule has 4 aliphatic rings. The highest BCUT2D eigenvalue weighted by Crippen LogP contribution is 2.47. The molecule has 2 amide bonds. The fourth-order valence-electron chi connectivity index (χ4n) is 10.4. The van der Waals surface area contributed by atoms with E-state index < -0.39 is 18.2 Å². The van der Waals surface area contributed by atoms with E-state index in [-0.39, 0.29) is 11.8 Å². The molecule has 10 heterocycles. The molecule has 0 radical (unpaired) electrons. The maximum Gasteiger partial charge on any atom is 0.490 e. The van der Waals surface area contributed by atoms with Crippen LogP contribution in [0.25, 0.3) is 45.8 Å². The van der Waals surface area contributed by atoms with Gasteiger partial charge in [0.15, 0.2) is 11.6 Å². The Balaban J connectivity index is 0.000000143. The Bertz CT molecular complexity index is 3270. The average Bonchev–Trinajstić information content (AvgIpc) is 4.28. The largest absolute Gasteiger partial charge is 0.490 e. The van der Waals surface area contributed by atoms with E-state index in [1.54, 1.807) is 59.1 Å². The van der Waals surface area contributed by atoms with Crippen molar-refractivity contribution in [2.75, 3.05) is 46.8 Å². The summed E-state index contributed by atoms with van der Waals surface area (Å²) in [7, 11) is 2.24. The molecule has 0 unspecified atom stereocenters. The summed E-state index contributed by atoms with van der Waals surface area (Å²) in [4.78, 5) is 70.3. The van der Waals surface area contributed by atoms with Crippen LogP contribution >= 0.6 is 15.9 Å². The molecule has 2 saturated heterocycles. The molecule has 6 aromatic heterocycles. The number of amides is 2. The maximum absolute atomic E-state index is 13.2. The molecule has 2 fully saturated rings. The minimum Gasteiger partial charge on any atom is -0.423 e. The number of benzene rings is 2. The van der Waals surface area contributed by atoms with Crippen molar-refractivity contribution in [2.45, 2.75) is 63.5 Å². The van der Waals surface area contributed by atoms with Gasteiger partial charge in [0.1, 0.15) is 34.1 Å². The van der Waals surface area contributed by atoms with Crippen LogP contribution < -0.4 is 25.1 Å². The van der Waals surface area contributed by atoms with Gasteiger partial charge < -0.3 is 29.6 Å². The van der Waals surface area contributed by atoms with Crippen molar-refractivity contribution >= 4 is 63.3 Å². The maximum atomic E-state index is 13.2. The molecule has 4 aliphatic heterocycles. The Kier molecular flexibility index (Phi) is 13.2. The second-order valence-electron chi connectivity index (χ2n) is 18.0. The van der Waals surface area contributed by atoms with E-state index >= 15 is 0 Å². The van der Waals surface area contributed by atoms with Gasteiger partial charge in [-0.2, -0.15) is 9.97 Å². The van der Waals surface area contributed by atoms with Crippen LogP contribution in [-0.2, 0) is 9.59 Å². The molecule has 8 aromatic rings. The molecule has 12 rings (SSSR count). The van der Waals surface area contributed by atoms with Crippen LogP contribution in [0.2, 0.25) is 0 Å². The third-order valence-corrected chi connectivity index (χ3v) is 14.6. The first-order chi connectivity index (χ1) is 35.0. The molecule has 0 spiro atoms. The number of carbonyl (C=O) groups excluding carboxylic acids is 2. The summed E-state index contributed by atoms with van der Waals surface area (Å²) < 4.78 is 4.78. The number of nitrogens with zero attached hydrogens (tertiary/aromatic N) is 14. The zero-order valence-electron chi connectivity index (χ0n) is 40.3. The van der Waals surface area contributed by atoms with Crippen molar-refractivity contribution in [1.29, 1.82) is 0 Å². The second-order valence-corrected chi connectivity index (χ2v) is 18.9. The Hall–Kier alpha value is -7.68. The van der Waals surface area contributed by atoms with E-state index in [1.807, 2.05) is 90.4 Å². The van der Waals surface area contributed by atoms with Gasteiger partial charge in [-0.25, -0.2) is 19.9 Å². The number of hydrogen-bond acceptors (Lipinski definition) is 14. The van der Waals surface area contributed by atoms with E-state index in [0.29, 0.717) is 17.4 Å². The van der Waals surface area contributed by atoms with Crippen molar-refractivity contribution in [1.82, 2.24) is 49.0 Å². The van der Waals surface area contributed by atoms with Crippen LogP contribution in [0.5, 0.6) is 0 Å². The van der Waals surface area contributed by atoms with Crippen molar-refractivity contribution < 1.29 is 19.6 Å². The third kappa shape index (κ3) is 8.47. The number of likely N-dealkylation sites (N-methyl/N-ethyl adjacent to an activating group) is 2. The van der Waals surface area contributed by atoms with E-state index in [1.165, 1.54) is 6.20 Å². The predicted molar refractivity (Wildman–Crippen MR) is 280 cm³/mol. The summed E-state index contributed by atoms with van der Waals surface area (Å²) in [6.07, 6.45) is 22.6. The topological polar surface area (TPSA) is 201 Å². The lowest BCUT2D eigenvalue weighted by Crippen LogP contribution is -2.59. The summed E-state index contributed by atoms with van der Waals surface area (Å²) in [5.41, 5.74) is 4.97. The second kappa shape index (κ2) is 19.8. The lowest BCUT2D eigenvalue weighted by molar-refractivity contribution is -0.124. The molecule has 2 N–H and O–H groups in total. The monoisotopic (exact) mass is 1030 g/mol. The number of rotatable bonds is 8. The molecule has 0 bridgehead atoms. The fourth-order valence-corrected chi connectivity index (χ4v) is 10.8. The van der Waals surface area contributed by atoms with Gasteiger partial charge in [0.05, 0.1) is 12.4 Å². The number of carbonyl (C=O) groups is 2. The average molecular weight is 1030 g/mol. The van der Waals surface area contributed by atoms with Crippen molar-refractivity contribution in [3.05, 3.63) is 139 Å². The molecular formula is C52H52BBrN14O4. The number of halogens is 1. The number of fused-ring (bicyclic) bond motifs is 6. The van der Waals surface area contributed by atoms with E-state index in [9.17, 15) is 9.59 Å². The summed E-state index contributed by atoms with van der Waals surface area (Å²) >= 11 is 3.52. The minimum atomic E-state index is -1.40. The first-order valence-corrected chi connectivity index (χ1v) is 24.7. The van der Waals surface area contributed by atoms with Crippen molar-refractivity contribution in [2.24, 2.45) is 0 Å². The first-order valence-electron chi connectivity index (χ1n) is 23.9. The fraction of sp³-hybridized carbons (Fsp3) is 0.269. The molecule has 364 valence electrons. The van der Waals surface area contributed by atoms with Gasteiger partial charge in [-0.1, -0.05) is 72.2 Å². The number of aromatic nitrogens is 10. The molecule has 18 nitrogen and oxygen atoms in total. The summed E-state index contributed by atoms with van der Waals surface area (Å²) in [5.74, 6) is 4.53. The molecule has 72 heavy (non-hydrogen) atoms. The first kappa shape index (κ1) is 48.0. The van der Waals surface area contributed by atoms with Gasteiger partial charge >= 0.3 is 7.12 Å². The highest BCUT2D eigenvalue weighted by atomic mass is 79.9. The Morgan fingerprint density at radius 1 is 0.597 bits per heavy atom. The van der Waals surface area contributed by atoms with Gasteiger partial charge in [0.2, 0.25) is 11.9 Å². The van der Waals surface area contributed by atoms with E-state index in [0.717, 1.165) is 113 Å². The molecule has 2 aromatic carbocycles. The molecule has 0 aliphatic carbocycles. The lowest BCUT2D eigenvalue weighted by Gasteiger charge is -2.45. The summed E-state index contributed by atoms with van der Waals surface area (Å²) in [5, 5.41) is 17.1. The normalized spacial score (nSPS) is 18.6. The molecule has 0 saturated carbocycles. The smallest absolute Gasteiger partial charge is 0.423 e. The zero-order valence-corrected chi connectivity index (χ0v) is 41.9. The van der Waals surface area contributed by atoms with Crippen LogP contribution in [0, 0.1) is 0 Å². The van der Waals surface area contributed by atoms with E-state index in [4.69, 9.17) is 20.0 Å². The number of imidazole rings is 2. The molecule has 2 atom stereocenters. The number of hydrogen-bond donors (Lipinski definition) is 2. The standard InChI is InChI=1S/C26H25N7O.C21H21BrN6O.C5H6BNO2/c1-3-26-10-6-13-33(26)23-21(31(2)24(26)34)17-29-25(30-23)32-14-12-28-22(32)19-8-4-7-18(15-19)20-9-5-11-27-16-20;1-3-21-8-5-10-28(21)18-16(26(2)19(21)29)13-24-20(25-18)27-11-9-23-17(27)14-6-4-7-15(22)12-14;8-6(9)5-2-1-3-7-4-5/h4-5,7-9,11-12,14-17H,3,6,10,13H2,1-2H3;4,6-7,9,11-13H,3,5,8,10H2,1-2H3;1-4,8-9H/t26-;21-;/m00./s1. The summed E-state index contributed by atoms with van der Waals surface area (Å²) in [6.45, 7) is 5.82. The van der Waals surface area contributed by atoms with Crippen molar-refractivity contribution in [3.63, 3.8) is 0 Å². The quantitative estimate of drug-likeness (QED) is 0.153.